The summed E-state index contributed by atoms with van der Waals surface area (Å²) in [4.78, 5) is 45.2. The van der Waals surface area contributed by atoms with Crippen LogP contribution in [-0.2, 0) is 15.0 Å². The third-order valence-corrected chi connectivity index (χ3v) is 8.52. The van der Waals surface area contributed by atoms with E-state index in [1.807, 2.05) is 71.6 Å². The van der Waals surface area contributed by atoms with E-state index >= 15 is 0 Å². The Morgan fingerprint density at radius 3 is 2.35 bits per heavy atom. The molecule has 2 amide bonds. The van der Waals surface area contributed by atoms with Gasteiger partial charge in [0.1, 0.15) is 11.5 Å². The summed E-state index contributed by atoms with van der Waals surface area (Å²) in [6.07, 6.45) is 3.95. The molecule has 6 nitrogen and oxygen atoms in total. The summed E-state index contributed by atoms with van der Waals surface area (Å²) in [5.74, 6) is -1.94. The van der Waals surface area contributed by atoms with Crippen LogP contribution in [-0.4, -0.2) is 29.7 Å². The fourth-order valence-corrected chi connectivity index (χ4v) is 6.78. The molecule has 3 aliphatic heterocycles. The van der Waals surface area contributed by atoms with Gasteiger partial charge in [-0.3, -0.25) is 14.4 Å². The molecule has 0 aliphatic carbocycles. The smallest absolute Gasteiger partial charge is 0.247 e. The summed E-state index contributed by atoms with van der Waals surface area (Å²) in [6.45, 7) is 0. The molecule has 3 aliphatic rings. The molecule has 0 bridgehead atoms. The number of benzene rings is 4. The minimum Gasteiger partial charge on any atom is -0.350 e. The number of halogens is 1. The lowest BCUT2D eigenvalue weighted by molar-refractivity contribution is -0.122. The van der Waals surface area contributed by atoms with Gasteiger partial charge in [0.25, 0.3) is 0 Å². The van der Waals surface area contributed by atoms with Gasteiger partial charge < -0.3 is 15.5 Å². The second-order valence-corrected chi connectivity index (χ2v) is 10.7. The Kier molecular flexibility index (Phi) is 5.61. The van der Waals surface area contributed by atoms with Gasteiger partial charge in [-0.05, 0) is 47.5 Å². The number of nitrogens with zero attached hydrogens (tertiary/aromatic N) is 1. The number of hydrogen-bond donors (Lipinski definition) is 2. The van der Waals surface area contributed by atoms with Crippen molar-refractivity contribution in [2.75, 3.05) is 15.5 Å². The zero-order valence-corrected chi connectivity index (χ0v) is 22.0. The Morgan fingerprint density at radius 1 is 0.850 bits per heavy atom. The first-order chi connectivity index (χ1) is 19.5. The fraction of sp³-hybridized carbons (Fsp3) is 0.121. The minimum atomic E-state index is -1.34. The predicted molar refractivity (Wildman–Crippen MR) is 157 cm³/mol. The molecule has 0 radical (unpaired) electrons. The van der Waals surface area contributed by atoms with Crippen molar-refractivity contribution in [2.45, 2.75) is 17.5 Å². The highest BCUT2D eigenvalue weighted by molar-refractivity contribution is 6.30. The molecule has 0 aromatic heterocycles. The van der Waals surface area contributed by atoms with Crippen LogP contribution < -0.4 is 15.5 Å². The molecule has 196 valence electrons. The van der Waals surface area contributed by atoms with Gasteiger partial charge in [0.15, 0.2) is 5.78 Å². The average Bonchev–Trinajstić information content (AvgIpc) is 3.47. The Labute approximate surface area is 236 Å². The van der Waals surface area contributed by atoms with Gasteiger partial charge in [-0.25, -0.2) is 0 Å². The first kappa shape index (κ1) is 24.4. The summed E-state index contributed by atoms with van der Waals surface area (Å²) < 4.78 is 0. The third-order valence-electron chi connectivity index (χ3n) is 8.26. The van der Waals surface area contributed by atoms with E-state index in [-0.39, 0.29) is 17.6 Å². The fourth-order valence-electron chi connectivity index (χ4n) is 6.65. The third kappa shape index (κ3) is 3.46. The largest absolute Gasteiger partial charge is 0.350 e. The molecule has 0 unspecified atom stereocenters. The molecule has 7 heteroatoms. The van der Waals surface area contributed by atoms with Gasteiger partial charge in [-0.15, -0.1) is 0 Å². The van der Waals surface area contributed by atoms with Crippen molar-refractivity contribution in [2.24, 2.45) is 5.92 Å². The standard InChI is InChI=1S/C33H24ClN3O3/c34-22-15-17-23(18-16-22)35-31(39)29-28(30(38)21-9-2-1-3-10-21)33(24-11-5-6-12-25(24)36-32(33)40)27-19-14-20-8-4-7-13-26(20)37(27)29/h1-19,27-29H,(H,35,39)(H,36,40)/t27-,28+,29-,33+/m0/s1. The van der Waals surface area contributed by atoms with E-state index in [9.17, 15) is 14.4 Å². The minimum absolute atomic E-state index is 0.260. The lowest BCUT2D eigenvalue weighted by Gasteiger charge is -2.37. The highest BCUT2D eigenvalue weighted by Gasteiger charge is 2.70. The first-order valence-electron chi connectivity index (χ1n) is 13.1. The van der Waals surface area contributed by atoms with Crippen molar-refractivity contribution in [1.29, 1.82) is 0 Å². The number of fused-ring (bicyclic) bond motifs is 6. The summed E-state index contributed by atoms with van der Waals surface area (Å²) in [5.41, 5.74) is 2.75. The van der Waals surface area contributed by atoms with Crippen LogP contribution >= 0.6 is 11.6 Å². The quantitative estimate of drug-likeness (QED) is 0.311. The van der Waals surface area contributed by atoms with Crippen molar-refractivity contribution in [1.82, 2.24) is 0 Å². The van der Waals surface area contributed by atoms with E-state index in [0.717, 1.165) is 16.8 Å². The molecule has 1 fully saturated rings. The molecule has 1 saturated heterocycles. The molecular weight excluding hydrogens is 522 g/mol. The monoisotopic (exact) mass is 545 g/mol. The Hall–Kier alpha value is -4.68. The summed E-state index contributed by atoms with van der Waals surface area (Å²) in [6, 6.07) is 29.4. The highest BCUT2D eigenvalue weighted by atomic mass is 35.5. The van der Waals surface area contributed by atoms with E-state index in [1.54, 1.807) is 48.5 Å². The van der Waals surface area contributed by atoms with Crippen LogP contribution in [0, 0.1) is 5.92 Å². The zero-order valence-electron chi connectivity index (χ0n) is 21.3. The van der Waals surface area contributed by atoms with Crippen LogP contribution in [0.3, 0.4) is 0 Å². The van der Waals surface area contributed by atoms with E-state index in [2.05, 4.69) is 10.6 Å². The zero-order chi connectivity index (χ0) is 27.4. The topological polar surface area (TPSA) is 78.5 Å². The lowest BCUT2D eigenvalue weighted by Crippen LogP contribution is -2.51. The summed E-state index contributed by atoms with van der Waals surface area (Å²) in [5, 5.41) is 6.60. The Morgan fingerprint density at radius 2 is 1.55 bits per heavy atom. The predicted octanol–water partition coefficient (Wildman–Crippen LogP) is 5.95. The maximum absolute atomic E-state index is 14.6. The van der Waals surface area contributed by atoms with Gasteiger partial charge >= 0.3 is 0 Å². The molecule has 4 aromatic carbocycles. The maximum atomic E-state index is 14.6. The number of rotatable bonds is 4. The number of ketones is 1. The van der Waals surface area contributed by atoms with Gasteiger partial charge in [-0.1, -0.05) is 90.5 Å². The first-order valence-corrected chi connectivity index (χ1v) is 13.5. The van der Waals surface area contributed by atoms with Crippen molar-refractivity contribution >= 4 is 52.3 Å². The number of hydrogen-bond acceptors (Lipinski definition) is 4. The lowest BCUT2D eigenvalue weighted by atomic mass is 9.64. The van der Waals surface area contributed by atoms with Gasteiger partial charge in [0.2, 0.25) is 11.8 Å². The second-order valence-electron chi connectivity index (χ2n) is 10.3. The van der Waals surface area contributed by atoms with Gasteiger partial charge in [0, 0.05) is 27.6 Å². The van der Waals surface area contributed by atoms with Crippen LogP contribution in [0.25, 0.3) is 6.08 Å². The van der Waals surface area contributed by atoms with Crippen LogP contribution in [0.5, 0.6) is 0 Å². The molecule has 3 heterocycles. The number of Topliss-reactive ketones (excluding diaryl/α,β-unsaturated/α-hetero) is 1. The van der Waals surface area contributed by atoms with Gasteiger partial charge in [0.05, 0.1) is 12.0 Å². The van der Waals surface area contributed by atoms with Crippen LogP contribution in [0.4, 0.5) is 17.1 Å². The SMILES string of the molecule is O=C(Nc1ccc(Cl)cc1)[C@@H]1[C@H](C(=O)c2ccccc2)[C@]2(C(=O)Nc3ccccc32)[C@@H]2C=Cc3ccccc3N12. The van der Waals surface area contributed by atoms with E-state index in [1.165, 1.54) is 0 Å². The summed E-state index contributed by atoms with van der Waals surface area (Å²) in [7, 11) is 0. The normalized spacial score (nSPS) is 23.8. The Bertz CT molecular complexity index is 1700. The van der Waals surface area contributed by atoms with Crippen LogP contribution in [0.15, 0.2) is 109 Å². The number of amides is 2. The van der Waals surface area contributed by atoms with Crippen molar-refractivity contribution in [3.8, 4) is 0 Å². The van der Waals surface area contributed by atoms with E-state index in [0.29, 0.717) is 22.0 Å². The van der Waals surface area contributed by atoms with Crippen LogP contribution in [0.1, 0.15) is 21.5 Å². The molecule has 7 rings (SSSR count). The molecule has 2 N–H and O–H groups in total. The number of carbonyl (C=O) groups is 3. The molecule has 1 spiro atoms. The summed E-state index contributed by atoms with van der Waals surface area (Å²) >= 11 is 6.08. The average molecular weight is 546 g/mol. The van der Waals surface area contributed by atoms with E-state index in [4.69, 9.17) is 11.6 Å². The number of nitrogens with one attached hydrogen (secondary N) is 2. The number of carbonyl (C=O) groups excluding carboxylic acids is 3. The second kappa shape index (κ2) is 9.21. The van der Waals surface area contributed by atoms with Crippen LogP contribution in [0.2, 0.25) is 5.02 Å². The highest BCUT2D eigenvalue weighted by Crippen LogP contribution is 2.57. The molecule has 4 atom stereocenters. The number of para-hydroxylation sites is 2. The van der Waals surface area contributed by atoms with Crippen molar-refractivity contribution in [3.63, 3.8) is 0 Å². The van der Waals surface area contributed by atoms with Crippen molar-refractivity contribution < 1.29 is 14.4 Å². The number of anilines is 3. The molecule has 0 saturated carbocycles. The Balaban J connectivity index is 1.48. The molecular formula is C33H24ClN3O3. The molecule has 40 heavy (non-hydrogen) atoms. The molecule has 4 aromatic rings. The van der Waals surface area contributed by atoms with Gasteiger partial charge in [-0.2, -0.15) is 0 Å². The van der Waals surface area contributed by atoms with Crippen molar-refractivity contribution in [3.05, 3.63) is 131 Å². The maximum Gasteiger partial charge on any atom is 0.247 e. The van der Waals surface area contributed by atoms with E-state index < -0.39 is 23.4 Å².